The Morgan fingerprint density at radius 1 is 1.18 bits per heavy atom. The number of hydrogen-bond donors (Lipinski definition) is 1. The molecule has 0 aliphatic heterocycles. The molecule has 0 radical (unpaired) electrons. The van der Waals surface area contributed by atoms with Gasteiger partial charge in [0.2, 0.25) is 0 Å². The first-order valence-electron chi connectivity index (χ1n) is 7.15. The van der Waals surface area contributed by atoms with Gasteiger partial charge in [0.25, 0.3) is 5.91 Å². The van der Waals surface area contributed by atoms with Crippen molar-refractivity contribution in [2.24, 2.45) is 0 Å². The van der Waals surface area contributed by atoms with Crippen molar-refractivity contribution in [3.63, 3.8) is 0 Å². The maximum absolute atomic E-state index is 12.1. The highest BCUT2D eigenvalue weighted by molar-refractivity contribution is 9.10. The summed E-state index contributed by atoms with van der Waals surface area (Å²) in [6, 6.07) is 15.7. The van der Waals surface area contributed by atoms with Crippen molar-refractivity contribution in [2.75, 3.05) is 6.54 Å². The summed E-state index contributed by atoms with van der Waals surface area (Å²) in [6.45, 7) is 2.64. The van der Waals surface area contributed by atoms with E-state index in [1.54, 1.807) is 6.07 Å². The second-order valence-electron chi connectivity index (χ2n) is 5.25. The van der Waals surface area contributed by atoms with Gasteiger partial charge in [0.1, 0.15) is 5.58 Å². The van der Waals surface area contributed by atoms with Gasteiger partial charge in [-0.1, -0.05) is 51.8 Å². The van der Waals surface area contributed by atoms with Crippen molar-refractivity contribution in [1.82, 2.24) is 5.32 Å². The first-order valence-corrected chi connectivity index (χ1v) is 7.94. The fraction of sp³-hybridized carbons (Fsp3) is 0.167. The number of halogens is 1. The molecule has 112 valence electrons. The van der Waals surface area contributed by atoms with Crippen molar-refractivity contribution in [1.29, 1.82) is 0 Å². The molecule has 0 bridgehead atoms. The molecule has 22 heavy (non-hydrogen) atoms. The molecule has 3 aromatic rings. The third-order valence-electron chi connectivity index (χ3n) is 3.55. The minimum absolute atomic E-state index is 0.185. The molecule has 0 spiro atoms. The Labute approximate surface area is 137 Å². The highest BCUT2D eigenvalue weighted by Crippen LogP contribution is 2.26. The van der Waals surface area contributed by atoms with E-state index in [1.807, 2.05) is 18.2 Å². The van der Waals surface area contributed by atoms with E-state index < -0.39 is 0 Å². The van der Waals surface area contributed by atoms with Crippen LogP contribution in [0, 0.1) is 6.92 Å². The Bertz CT molecular complexity index is 806. The van der Waals surface area contributed by atoms with Gasteiger partial charge in [0.05, 0.1) is 0 Å². The second-order valence-corrected chi connectivity index (χ2v) is 6.11. The first kappa shape index (κ1) is 14.9. The average molecular weight is 358 g/mol. The number of carbonyl (C=O) groups is 1. The van der Waals surface area contributed by atoms with Gasteiger partial charge in [-0.05, 0) is 37.1 Å². The lowest BCUT2D eigenvalue weighted by Crippen LogP contribution is -2.25. The second kappa shape index (κ2) is 6.36. The lowest BCUT2D eigenvalue weighted by molar-refractivity contribution is 0.0928. The van der Waals surface area contributed by atoms with Gasteiger partial charge in [-0.2, -0.15) is 0 Å². The van der Waals surface area contributed by atoms with Crippen LogP contribution in [0.1, 0.15) is 21.7 Å². The number of amides is 1. The van der Waals surface area contributed by atoms with Crippen LogP contribution in [0.2, 0.25) is 0 Å². The van der Waals surface area contributed by atoms with Crippen LogP contribution < -0.4 is 5.32 Å². The Morgan fingerprint density at radius 2 is 1.95 bits per heavy atom. The highest BCUT2D eigenvalue weighted by atomic mass is 79.9. The third kappa shape index (κ3) is 3.22. The molecule has 0 saturated heterocycles. The van der Waals surface area contributed by atoms with Crippen LogP contribution in [0.5, 0.6) is 0 Å². The van der Waals surface area contributed by atoms with Crippen LogP contribution in [-0.4, -0.2) is 12.5 Å². The van der Waals surface area contributed by atoms with Gasteiger partial charge in [0, 0.05) is 16.4 Å². The summed E-state index contributed by atoms with van der Waals surface area (Å²) < 4.78 is 6.51. The SMILES string of the molecule is Cc1ccc(CCNC(=O)c2cc3c(Br)cccc3o2)cc1. The van der Waals surface area contributed by atoms with E-state index in [0.29, 0.717) is 17.9 Å². The quantitative estimate of drug-likeness (QED) is 0.747. The van der Waals surface area contributed by atoms with Crippen LogP contribution in [0.15, 0.2) is 57.4 Å². The molecule has 1 amide bonds. The zero-order chi connectivity index (χ0) is 15.5. The lowest BCUT2D eigenvalue weighted by Gasteiger charge is -2.04. The Kier molecular flexibility index (Phi) is 4.29. The predicted molar refractivity (Wildman–Crippen MR) is 91.1 cm³/mol. The molecule has 0 atom stereocenters. The number of benzene rings is 2. The molecule has 2 aromatic carbocycles. The lowest BCUT2D eigenvalue weighted by atomic mass is 10.1. The molecule has 0 fully saturated rings. The van der Waals surface area contributed by atoms with Gasteiger partial charge in [-0.3, -0.25) is 4.79 Å². The molecule has 0 saturated carbocycles. The minimum atomic E-state index is -0.185. The molecule has 0 unspecified atom stereocenters. The Balaban J connectivity index is 1.63. The topological polar surface area (TPSA) is 42.2 Å². The van der Waals surface area contributed by atoms with Crippen molar-refractivity contribution < 1.29 is 9.21 Å². The molecule has 1 N–H and O–H groups in total. The zero-order valence-electron chi connectivity index (χ0n) is 12.2. The summed E-state index contributed by atoms with van der Waals surface area (Å²) in [7, 11) is 0. The van der Waals surface area contributed by atoms with Crippen molar-refractivity contribution in [3.05, 3.63) is 69.9 Å². The van der Waals surface area contributed by atoms with Crippen LogP contribution in [0.3, 0.4) is 0 Å². The van der Waals surface area contributed by atoms with Gasteiger partial charge >= 0.3 is 0 Å². The predicted octanol–water partition coefficient (Wildman–Crippen LogP) is 4.48. The number of rotatable bonds is 4. The number of fused-ring (bicyclic) bond motifs is 1. The number of carbonyl (C=O) groups excluding carboxylic acids is 1. The van der Waals surface area contributed by atoms with Gasteiger partial charge in [0.15, 0.2) is 5.76 Å². The Hall–Kier alpha value is -2.07. The maximum atomic E-state index is 12.1. The summed E-state index contributed by atoms with van der Waals surface area (Å²) >= 11 is 3.46. The normalized spacial score (nSPS) is 10.8. The summed E-state index contributed by atoms with van der Waals surface area (Å²) in [5.74, 6) is 0.154. The van der Waals surface area contributed by atoms with E-state index in [-0.39, 0.29) is 5.91 Å². The summed E-state index contributed by atoms with van der Waals surface area (Å²) in [5, 5.41) is 3.80. The standard InChI is InChI=1S/C18H16BrNO2/c1-12-5-7-13(8-6-12)9-10-20-18(21)17-11-14-15(19)3-2-4-16(14)22-17/h2-8,11H,9-10H2,1H3,(H,20,21). The van der Waals surface area contributed by atoms with Crippen molar-refractivity contribution >= 4 is 32.8 Å². The largest absolute Gasteiger partial charge is 0.451 e. The first-order chi connectivity index (χ1) is 10.6. The molecule has 1 aromatic heterocycles. The Morgan fingerprint density at radius 3 is 2.68 bits per heavy atom. The zero-order valence-corrected chi connectivity index (χ0v) is 13.8. The van der Waals surface area contributed by atoms with Gasteiger partial charge in [-0.15, -0.1) is 0 Å². The number of furan rings is 1. The number of nitrogens with one attached hydrogen (secondary N) is 1. The molecule has 0 aliphatic rings. The van der Waals surface area contributed by atoms with E-state index in [4.69, 9.17) is 4.42 Å². The van der Waals surface area contributed by atoms with Crippen LogP contribution in [0.4, 0.5) is 0 Å². The van der Waals surface area contributed by atoms with Crippen molar-refractivity contribution in [2.45, 2.75) is 13.3 Å². The molecule has 1 heterocycles. The maximum Gasteiger partial charge on any atom is 0.287 e. The summed E-state index contributed by atoms with van der Waals surface area (Å²) in [4.78, 5) is 12.1. The van der Waals surface area contributed by atoms with Gasteiger partial charge < -0.3 is 9.73 Å². The molecule has 0 aliphatic carbocycles. The average Bonchev–Trinajstić information content (AvgIpc) is 2.95. The molecule has 3 rings (SSSR count). The fourth-order valence-corrected chi connectivity index (χ4v) is 2.76. The van der Waals surface area contributed by atoms with Crippen LogP contribution in [0.25, 0.3) is 11.0 Å². The van der Waals surface area contributed by atoms with E-state index in [9.17, 15) is 4.79 Å². The summed E-state index contributed by atoms with van der Waals surface area (Å²) in [6.07, 6.45) is 0.802. The molecule has 4 heteroatoms. The minimum Gasteiger partial charge on any atom is -0.451 e. The smallest absolute Gasteiger partial charge is 0.287 e. The van der Waals surface area contributed by atoms with E-state index in [0.717, 1.165) is 16.3 Å². The fourth-order valence-electron chi connectivity index (χ4n) is 2.30. The van der Waals surface area contributed by atoms with E-state index in [1.165, 1.54) is 11.1 Å². The number of aryl methyl sites for hydroxylation is 1. The number of hydrogen-bond acceptors (Lipinski definition) is 2. The van der Waals surface area contributed by atoms with Crippen LogP contribution in [-0.2, 0) is 6.42 Å². The molecular weight excluding hydrogens is 342 g/mol. The molecular formula is C18H16BrNO2. The monoisotopic (exact) mass is 357 g/mol. The van der Waals surface area contributed by atoms with Crippen LogP contribution >= 0.6 is 15.9 Å². The highest BCUT2D eigenvalue weighted by Gasteiger charge is 2.13. The summed E-state index contributed by atoms with van der Waals surface area (Å²) in [5.41, 5.74) is 3.15. The molecule has 3 nitrogen and oxygen atoms in total. The van der Waals surface area contributed by atoms with Gasteiger partial charge in [-0.25, -0.2) is 0 Å². The van der Waals surface area contributed by atoms with E-state index in [2.05, 4.69) is 52.4 Å². The van der Waals surface area contributed by atoms with Crippen molar-refractivity contribution in [3.8, 4) is 0 Å². The van der Waals surface area contributed by atoms with E-state index >= 15 is 0 Å². The third-order valence-corrected chi connectivity index (χ3v) is 4.24.